The van der Waals surface area contributed by atoms with Crippen LogP contribution in [-0.2, 0) is 4.74 Å². The van der Waals surface area contributed by atoms with E-state index in [2.05, 4.69) is 0 Å². The molecule has 226 valence electrons. The fourth-order valence-electron chi connectivity index (χ4n) is 6.52. The fraction of sp³-hybridized carbons (Fsp3) is 0.471. The van der Waals surface area contributed by atoms with Crippen molar-refractivity contribution in [2.75, 3.05) is 13.2 Å². The Kier molecular flexibility index (Phi) is 9.50. The van der Waals surface area contributed by atoms with E-state index in [4.69, 9.17) is 9.47 Å². The summed E-state index contributed by atoms with van der Waals surface area (Å²) in [5.41, 5.74) is 0.316. The average Bonchev–Trinajstić information content (AvgIpc) is 3.00. The van der Waals surface area contributed by atoms with Gasteiger partial charge in [0.1, 0.15) is 0 Å². The zero-order valence-corrected chi connectivity index (χ0v) is 23.9. The molecule has 2 nitrogen and oxygen atoms in total. The van der Waals surface area contributed by atoms with E-state index in [1.165, 1.54) is 24.3 Å². The molecule has 5 rings (SSSR count). The Morgan fingerprint density at radius 1 is 0.595 bits per heavy atom. The molecule has 2 saturated carbocycles. The van der Waals surface area contributed by atoms with E-state index in [1.807, 2.05) is 0 Å². The van der Waals surface area contributed by atoms with E-state index >= 15 is 8.78 Å². The molecule has 3 aromatic carbocycles. The van der Waals surface area contributed by atoms with Crippen molar-refractivity contribution >= 4 is 0 Å². The van der Waals surface area contributed by atoms with E-state index in [9.17, 15) is 17.6 Å². The van der Waals surface area contributed by atoms with E-state index in [-0.39, 0.29) is 47.0 Å². The Bertz CT molecular complexity index is 1410. The molecule has 3 aromatic rings. The largest absolute Gasteiger partial charge is 0.491 e. The van der Waals surface area contributed by atoms with Gasteiger partial charge in [-0.2, -0.15) is 4.39 Å². The smallest absolute Gasteiger partial charge is 0.201 e. The zero-order valence-electron chi connectivity index (χ0n) is 23.9. The summed E-state index contributed by atoms with van der Waals surface area (Å²) < 4.78 is 98.9. The molecule has 0 amide bonds. The highest BCUT2D eigenvalue weighted by Crippen LogP contribution is 2.41. The Hall–Kier alpha value is -3.00. The van der Waals surface area contributed by atoms with Gasteiger partial charge < -0.3 is 9.47 Å². The molecule has 0 saturated heterocycles. The van der Waals surface area contributed by atoms with Crippen LogP contribution in [0.2, 0.25) is 0 Å². The van der Waals surface area contributed by atoms with Gasteiger partial charge in [0.25, 0.3) is 0 Å². The number of ether oxygens (including phenoxy) is 2. The molecular formula is C34H36F6O2. The molecule has 0 atom stereocenters. The molecule has 0 heterocycles. The number of hydrogen-bond donors (Lipinski definition) is 0. The Morgan fingerprint density at radius 3 is 1.74 bits per heavy atom. The standard InChI is InChI=1S/C34H36F6O2/c1-3-41-28-17-16-27(33(39)34(28)40)26-15-14-25(31(37)32(26)38)22-9-11-23(12-10-22)42-18-20-5-7-21(8-6-20)24-13-4-19(2)29(35)30(24)36/h4,13-17,20-23H,3,5-12,18H2,1-2H3. The SMILES string of the molecule is CCOc1ccc(-c2ccc(C3CCC(OCC4CCC(c5ccc(C)c(F)c5F)CC4)CC3)c(F)c2F)c(F)c1F. The highest BCUT2D eigenvalue weighted by molar-refractivity contribution is 5.66. The maximum Gasteiger partial charge on any atom is 0.201 e. The molecule has 0 radical (unpaired) electrons. The third-order valence-corrected chi connectivity index (χ3v) is 9.02. The minimum atomic E-state index is -1.28. The Morgan fingerprint density at radius 2 is 1.12 bits per heavy atom. The van der Waals surface area contributed by atoms with E-state index in [0.29, 0.717) is 49.3 Å². The lowest BCUT2D eigenvalue weighted by Crippen LogP contribution is -2.26. The molecule has 0 aliphatic heterocycles. The van der Waals surface area contributed by atoms with Crippen molar-refractivity contribution in [3.05, 3.63) is 88.0 Å². The summed E-state index contributed by atoms with van der Waals surface area (Å²) in [5.74, 6) is -6.35. The van der Waals surface area contributed by atoms with Crippen LogP contribution in [-0.4, -0.2) is 19.3 Å². The summed E-state index contributed by atoms with van der Waals surface area (Å²) in [5, 5.41) is 0. The van der Waals surface area contributed by atoms with Gasteiger partial charge >= 0.3 is 0 Å². The predicted octanol–water partition coefficient (Wildman–Crippen LogP) is 9.91. The summed E-state index contributed by atoms with van der Waals surface area (Å²) in [6.45, 7) is 3.92. The van der Waals surface area contributed by atoms with Crippen molar-refractivity contribution in [2.24, 2.45) is 5.92 Å². The van der Waals surface area contributed by atoms with Gasteiger partial charge in [0.15, 0.2) is 34.8 Å². The number of halogens is 6. The van der Waals surface area contributed by atoms with Gasteiger partial charge in [-0.1, -0.05) is 24.3 Å². The van der Waals surface area contributed by atoms with Gasteiger partial charge in [0.05, 0.1) is 12.7 Å². The van der Waals surface area contributed by atoms with Crippen LogP contribution in [0.15, 0.2) is 36.4 Å². The number of benzene rings is 3. The van der Waals surface area contributed by atoms with Crippen LogP contribution in [0, 0.1) is 47.7 Å². The highest BCUT2D eigenvalue weighted by Gasteiger charge is 2.30. The zero-order chi connectivity index (χ0) is 30.0. The summed E-state index contributed by atoms with van der Waals surface area (Å²) >= 11 is 0. The van der Waals surface area contributed by atoms with Crippen molar-refractivity contribution in [1.82, 2.24) is 0 Å². The van der Waals surface area contributed by atoms with Gasteiger partial charge in [0.2, 0.25) is 5.82 Å². The average molecular weight is 591 g/mol. The first-order valence-corrected chi connectivity index (χ1v) is 14.8. The van der Waals surface area contributed by atoms with E-state index < -0.39 is 34.9 Å². The molecule has 0 N–H and O–H groups in total. The lowest BCUT2D eigenvalue weighted by atomic mass is 9.78. The van der Waals surface area contributed by atoms with Crippen molar-refractivity contribution in [1.29, 1.82) is 0 Å². The first kappa shape index (κ1) is 30.5. The normalized spacial score (nSPS) is 22.8. The Labute approximate surface area is 243 Å². The molecule has 2 aliphatic carbocycles. The molecule has 42 heavy (non-hydrogen) atoms. The van der Waals surface area contributed by atoms with Gasteiger partial charge in [-0.05, 0) is 112 Å². The van der Waals surface area contributed by atoms with Crippen LogP contribution >= 0.6 is 0 Å². The first-order chi connectivity index (χ1) is 20.2. The topological polar surface area (TPSA) is 18.5 Å². The predicted molar refractivity (Wildman–Crippen MR) is 150 cm³/mol. The van der Waals surface area contributed by atoms with Crippen molar-refractivity contribution in [3.8, 4) is 16.9 Å². The lowest BCUT2D eigenvalue weighted by molar-refractivity contribution is -0.00294. The van der Waals surface area contributed by atoms with Crippen LogP contribution < -0.4 is 4.74 Å². The quantitative estimate of drug-likeness (QED) is 0.243. The van der Waals surface area contributed by atoms with Crippen molar-refractivity contribution < 1.29 is 35.8 Å². The minimum absolute atomic E-state index is 0.0124. The van der Waals surface area contributed by atoms with Crippen LogP contribution in [0.25, 0.3) is 11.1 Å². The number of aryl methyl sites for hydroxylation is 1. The van der Waals surface area contributed by atoms with Gasteiger partial charge in [-0.15, -0.1) is 0 Å². The maximum atomic E-state index is 15.2. The molecule has 8 heteroatoms. The van der Waals surface area contributed by atoms with Crippen LogP contribution in [0.5, 0.6) is 5.75 Å². The van der Waals surface area contributed by atoms with Gasteiger partial charge in [-0.3, -0.25) is 0 Å². The molecule has 0 bridgehead atoms. The van der Waals surface area contributed by atoms with E-state index in [0.717, 1.165) is 25.7 Å². The highest BCUT2D eigenvalue weighted by atomic mass is 19.2. The summed E-state index contributed by atoms with van der Waals surface area (Å²) in [7, 11) is 0. The van der Waals surface area contributed by atoms with E-state index in [1.54, 1.807) is 26.0 Å². The molecule has 2 aliphatic rings. The molecule has 0 unspecified atom stereocenters. The Balaban J connectivity index is 1.13. The third-order valence-electron chi connectivity index (χ3n) is 9.02. The van der Waals surface area contributed by atoms with Gasteiger partial charge in [-0.25, -0.2) is 22.0 Å². The van der Waals surface area contributed by atoms with Crippen LogP contribution in [0.4, 0.5) is 26.3 Å². The number of hydrogen-bond acceptors (Lipinski definition) is 2. The number of rotatable bonds is 8. The summed E-state index contributed by atoms with van der Waals surface area (Å²) in [6.07, 6.45) is 6.01. The second-order valence-electron chi connectivity index (χ2n) is 11.6. The van der Waals surface area contributed by atoms with Crippen LogP contribution in [0.1, 0.15) is 86.8 Å². The molecule has 0 spiro atoms. The molecule has 0 aromatic heterocycles. The maximum absolute atomic E-state index is 15.2. The minimum Gasteiger partial charge on any atom is -0.491 e. The van der Waals surface area contributed by atoms with Crippen molar-refractivity contribution in [2.45, 2.75) is 83.2 Å². The first-order valence-electron chi connectivity index (χ1n) is 14.8. The monoisotopic (exact) mass is 590 g/mol. The third kappa shape index (κ3) is 6.19. The summed E-state index contributed by atoms with van der Waals surface area (Å²) in [6, 6.07) is 8.51. The lowest BCUT2D eigenvalue weighted by Gasteiger charge is -2.33. The summed E-state index contributed by atoms with van der Waals surface area (Å²) in [4.78, 5) is 0. The van der Waals surface area contributed by atoms with Crippen LogP contribution in [0.3, 0.4) is 0 Å². The second kappa shape index (κ2) is 13.1. The molecule has 2 fully saturated rings. The second-order valence-corrected chi connectivity index (χ2v) is 11.6. The molecular weight excluding hydrogens is 554 g/mol. The van der Waals surface area contributed by atoms with Gasteiger partial charge in [0, 0.05) is 17.7 Å². The fourth-order valence-corrected chi connectivity index (χ4v) is 6.52. The van der Waals surface area contributed by atoms with Crippen molar-refractivity contribution in [3.63, 3.8) is 0 Å².